The van der Waals surface area contributed by atoms with Crippen LogP contribution in [0.15, 0.2) is 24.3 Å². The molecule has 0 heterocycles. The summed E-state index contributed by atoms with van der Waals surface area (Å²) in [6.07, 6.45) is 2.12. The number of hydrogen-bond acceptors (Lipinski definition) is 1. The van der Waals surface area contributed by atoms with E-state index in [0.717, 1.165) is 28.7 Å². The van der Waals surface area contributed by atoms with E-state index in [4.69, 9.17) is 5.11 Å². The van der Waals surface area contributed by atoms with Gasteiger partial charge in [0.15, 0.2) is 0 Å². The quantitative estimate of drug-likeness (QED) is 0.801. The van der Waals surface area contributed by atoms with Gasteiger partial charge in [0.2, 0.25) is 0 Å². The molecule has 0 bridgehead atoms. The third-order valence-electron chi connectivity index (χ3n) is 2.66. The zero-order valence-electron chi connectivity index (χ0n) is 10.9. The Labute approximate surface area is 103 Å². The molecule has 1 rings (SSSR count). The van der Waals surface area contributed by atoms with Gasteiger partial charge in [-0.2, -0.15) is 0 Å². The zero-order valence-corrected chi connectivity index (χ0v) is 10.9. The van der Waals surface area contributed by atoms with Gasteiger partial charge in [0.05, 0.1) is 0 Å². The number of aliphatic carboxylic acids is 1. The molecule has 0 saturated carbocycles. The van der Waals surface area contributed by atoms with Gasteiger partial charge in [-0.25, -0.2) is 4.79 Å². The minimum absolute atomic E-state index is 0.445. The van der Waals surface area contributed by atoms with Crippen LogP contribution in [0, 0.1) is 19.8 Å². The van der Waals surface area contributed by atoms with Gasteiger partial charge in [-0.3, -0.25) is 0 Å². The lowest BCUT2D eigenvalue weighted by molar-refractivity contribution is -0.131. The number of allylic oxidation sites excluding steroid dienone is 1. The predicted octanol–water partition coefficient (Wildman–Crippen LogP) is 3.82. The van der Waals surface area contributed by atoms with Gasteiger partial charge in [-0.15, -0.1) is 0 Å². The van der Waals surface area contributed by atoms with Crippen LogP contribution in [0.3, 0.4) is 0 Å². The van der Waals surface area contributed by atoms with E-state index < -0.39 is 5.97 Å². The number of hydrogen-bond donors (Lipinski definition) is 1. The van der Waals surface area contributed by atoms with Crippen molar-refractivity contribution in [3.8, 4) is 0 Å². The number of aryl methyl sites for hydroxylation is 2. The van der Waals surface area contributed by atoms with Gasteiger partial charge in [-0.05, 0) is 42.9 Å². The first-order chi connectivity index (χ1) is 7.90. The van der Waals surface area contributed by atoms with E-state index in [9.17, 15) is 4.79 Å². The number of benzene rings is 1. The topological polar surface area (TPSA) is 37.3 Å². The van der Waals surface area contributed by atoms with Gasteiger partial charge < -0.3 is 5.11 Å². The maximum Gasteiger partial charge on any atom is 0.328 e. The standard InChI is InChI=1S/C15H20O2/c1-10(2)7-13(9-15(16)17)14-8-11(3)5-6-12(14)4/h5-6,8-10H,7H2,1-4H3,(H,16,17)/b13-9+. The van der Waals surface area contributed by atoms with Crippen molar-refractivity contribution in [2.75, 3.05) is 0 Å². The number of rotatable bonds is 4. The second kappa shape index (κ2) is 5.67. The lowest BCUT2D eigenvalue weighted by Crippen LogP contribution is -1.99. The van der Waals surface area contributed by atoms with Crippen molar-refractivity contribution in [1.82, 2.24) is 0 Å². The molecular formula is C15H20O2. The molecule has 0 amide bonds. The fourth-order valence-corrected chi connectivity index (χ4v) is 1.92. The normalized spacial score (nSPS) is 11.9. The van der Waals surface area contributed by atoms with Crippen molar-refractivity contribution in [3.63, 3.8) is 0 Å². The fraction of sp³-hybridized carbons (Fsp3) is 0.400. The van der Waals surface area contributed by atoms with Crippen molar-refractivity contribution < 1.29 is 9.90 Å². The maximum atomic E-state index is 10.9. The highest BCUT2D eigenvalue weighted by molar-refractivity contribution is 5.90. The minimum Gasteiger partial charge on any atom is -0.478 e. The first-order valence-corrected chi connectivity index (χ1v) is 5.91. The zero-order chi connectivity index (χ0) is 13.0. The number of carboxylic acids is 1. The summed E-state index contributed by atoms with van der Waals surface area (Å²) in [5, 5.41) is 8.94. The molecule has 0 aromatic heterocycles. The summed E-state index contributed by atoms with van der Waals surface area (Å²) in [7, 11) is 0. The second-order valence-corrected chi connectivity index (χ2v) is 4.92. The maximum absolute atomic E-state index is 10.9. The van der Waals surface area contributed by atoms with Crippen molar-refractivity contribution in [3.05, 3.63) is 41.0 Å². The van der Waals surface area contributed by atoms with Crippen molar-refractivity contribution in [2.45, 2.75) is 34.1 Å². The monoisotopic (exact) mass is 232 g/mol. The summed E-state index contributed by atoms with van der Waals surface area (Å²) in [6, 6.07) is 6.15. The van der Waals surface area contributed by atoms with E-state index in [1.54, 1.807) is 0 Å². The molecule has 0 saturated heterocycles. The molecule has 0 unspecified atom stereocenters. The van der Waals surface area contributed by atoms with E-state index in [2.05, 4.69) is 19.9 Å². The summed E-state index contributed by atoms with van der Waals surface area (Å²) >= 11 is 0. The highest BCUT2D eigenvalue weighted by Gasteiger charge is 2.09. The lowest BCUT2D eigenvalue weighted by atomic mass is 9.92. The van der Waals surface area contributed by atoms with Crippen LogP contribution < -0.4 is 0 Å². The third kappa shape index (κ3) is 4.06. The summed E-state index contributed by atoms with van der Waals surface area (Å²) in [6.45, 7) is 8.24. The average molecular weight is 232 g/mol. The van der Waals surface area contributed by atoms with E-state index in [1.807, 2.05) is 26.0 Å². The average Bonchev–Trinajstić information content (AvgIpc) is 2.19. The van der Waals surface area contributed by atoms with Crippen LogP contribution in [0.1, 0.15) is 37.0 Å². The molecule has 2 nitrogen and oxygen atoms in total. The fourth-order valence-electron chi connectivity index (χ4n) is 1.92. The Bertz CT molecular complexity index is 442. The molecule has 1 N–H and O–H groups in total. The second-order valence-electron chi connectivity index (χ2n) is 4.92. The third-order valence-corrected chi connectivity index (χ3v) is 2.66. The van der Waals surface area contributed by atoms with Gasteiger partial charge >= 0.3 is 5.97 Å². The molecule has 0 atom stereocenters. The Morgan fingerprint density at radius 3 is 2.53 bits per heavy atom. The van der Waals surface area contributed by atoms with Crippen LogP contribution >= 0.6 is 0 Å². The molecule has 0 aliphatic rings. The van der Waals surface area contributed by atoms with Crippen LogP contribution in [0.2, 0.25) is 0 Å². The van der Waals surface area contributed by atoms with Gasteiger partial charge in [0, 0.05) is 6.08 Å². The van der Waals surface area contributed by atoms with Crippen LogP contribution in [0.4, 0.5) is 0 Å². The number of carbonyl (C=O) groups is 1. The molecule has 0 aliphatic heterocycles. The highest BCUT2D eigenvalue weighted by Crippen LogP contribution is 2.26. The first kappa shape index (κ1) is 13.5. The van der Waals surface area contributed by atoms with Crippen molar-refractivity contribution in [2.24, 2.45) is 5.92 Å². The Balaban J connectivity index is 3.21. The molecule has 0 spiro atoms. The van der Waals surface area contributed by atoms with E-state index in [1.165, 1.54) is 6.08 Å². The van der Waals surface area contributed by atoms with Crippen LogP contribution in [0.25, 0.3) is 5.57 Å². The Morgan fingerprint density at radius 1 is 1.35 bits per heavy atom. The Hall–Kier alpha value is -1.57. The lowest BCUT2D eigenvalue weighted by Gasteiger charge is -2.13. The van der Waals surface area contributed by atoms with Crippen LogP contribution in [0.5, 0.6) is 0 Å². The van der Waals surface area contributed by atoms with E-state index in [-0.39, 0.29) is 0 Å². The predicted molar refractivity (Wildman–Crippen MR) is 71.0 cm³/mol. The molecule has 0 aliphatic carbocycles. The van der Waals surface area contributed by atoms with Crippen LogP contribution in [-0.4, -0.2) is 11.1 Å². The summed E-state index contributed by atoms with van der Waals surface area (Å²) in [4.78, 5) is 10.9. The van der Waals surface area contributed by atoms with E-state index >= 15 is 0 Å². The Morgan fingerprint density at radius 2 is 2.00 bits per heavy atom. The molecule has 17 heavy (non-hydrogen) atoms. The molecule has 0 radical (unpaired) electrons. The SMILES string of the molecule is Cc1ccc(C)c(/C(=C/C(=O)O)CC(C)C)c1. The summed E-state index contributed by atoms with van der Waals surface area (Å²) in [5.41, 5.74) is 4.25. The van der Waals surface area contributed by atoms with Crippen molar-refractivity contribution in [1.29, 1.82) is 0 Å². The van der Waals surface area contributed by atoms with Crippen molar-refractivity contribution >= 4 is 11.5 Å². The van der Waals surface area contributed by atoms with Gasteiger partial charge in [-0.1, -0.05) is 37.6 Å². The molecule has 1 aromatic carbocycles. The Kier molecular flexibility index (Phi) is 4.50. The first-order valence-electron chi connectivity index (χ1n) is 5.91. The van der Waals surface area contributed by atoms with Gasteiger partial charge in [0.25, 0.3) is 0 Å². The number of carboxylic acid groups (broad SMARTS) is 1. The summed E-state index contributed by atoms with van der Waals surface area (Å²) in [5.74, 6) is -0.429. The molecule has 92 valence electrons. The van der Waals surface area contributed by atoms with Crippen LogP contribution in [-0.2, 0) is 4.79 Å². The highest BCUT2D eigenvalue weighted by atomic mass is 16.4. The minimum atomic E-state index is -0.874. The molecule has 0 fully saturated rings. The smallest absolute Gasteiger partial charge is 0.328 e. The molecule has 1 aromatic rings. The van der Waals surface area contributed by atoms with Gasteiger partial charge in [0.1, 0.15) is 0 Å². The largest absolute Gasteiger partial charge is 0.478 e. The molecular weight excluding hydrogens is 212 g/mol. The summed E-state index contributed by atoms with van der Waals surface area (Å²) < 4.78 is 0. The van der Waals surface area contributed by atoms with E-state index in [0.29, 0.717) is 5.92 Å². The molecule has 2 heteroatoms.